The molecule has 0 unspecified atom stereocenters. The molecule has 7 heteroatoms. The van der Waals surface area contributed by atoms with Crippen molar-refractivity contribution in [1.82, 2.24) is 15.5 Å². The number of hydrogen-bond acceptors (Lipinski definition) is 4. The number of nitrogens with zero attached hydrogens (tertiary/aromatic N) is 1. The largest absolute Gasteiger partial charge is 0.456 e. The Morgan fingerprint density at radius 1 is 1.47 bits per heavy atom. The van der Waals surface area contributed by atoms with E-state index in [0.29, 0.717) is 0 Å². The van der Waals surface area contributed by atoms with Gasteiger partial charge in [-0.15, -0.1) is 0 Å². The maximum atomic E-state index is 11.7. The fourth-order valence-corrected chi connectivity index (χ4v) is 1.74. The number of furan rings is 1. The van der Waals surface area contributed by atoms with Gasteiger partial charge in [-0.1, -0.05) is 6.92 Å². The van der Waals surface area contributed by atoms with E-state index in [1.807, 2.05) is 6.92 Å². The number of amides is 4. The summed E-state index contributed by atoms with van der Waals surface area (Å²) < 4.78 is 5.29. The molecule has 1 aromatic rings. The summed E-state index contributed by atoms with van der Waals surface area (Å²) in [5.41, 5.74) is 0. The Balaban J connectivity index is 1.81. The van der Waals surface area contributed by atoms with Crippen molar-refractivity contribution in [2.24, 2.45) is 0 Å². The third-order valence-electron chi connectivity index (χ3n) is 2.79. The standard InChI is InChI=1S/C12H15N3O4/c1-2-8-3-4-9(19-8)11(17)13-5-6-15-10(16)7-14-12(15)18/h3-4H,2,5-7H2,1H3,(H,13,17)(H,14,18). The van der Waals surface area contributed by atoms with Crippen molar-refractivity contribution >= 4 is 17.8 Å². The van der Waals surface area contributed by atoms with E-state index in [4.69, 9.17) is 4.42 Å². The van der Waals surface area contributed by atoms with Gasteiger partial charge in [-0.3, -0.25) is 14.5 Å². The molecule has 1 fully saturated rings. The number of nitrogens with one attached hydrogen (secondary N) is 2. The first-order chi connectivity index (χ1) is 9.11. The number of carbonyl (C=O) groups is 3. The number of hydrogen-bond donors (Lipinski definition) is 2. The average molecular weight is 265 g/mol. The van der Waals surface area contributed by atoms with Gasteiger partial charge in [-0.05, 0) is 12.1 Å². The zero-order chi connectivity index (χ0) is 13.8. The first-order valence-electron chi connectivity index (χ1n) is 6.07. The van der Waals surface area contributed by atoms with Crippen LogP contribution in [0.3, 0.4) is 0 Å². The van der Waals surface area contributed by atoms with Gasteiger partial charge in [-0.2, -0.15) is 0 Å². The Hall–Kier alpha value is -2.31. The highest BCUT2D eigenvalue weighted by atomic mass is 16.3. The molecule has 19 heavy (non-hydrogen) atoms. The van der Waals surface area contributed by atoms with E-state index in [1.165, 1.54) is 0 Å². The molecule has 0 aliphatic carbocycles. The second-order valence-corrected chi connectivity index (χ2v) is 4.08. The normalized spacial score (nSPS) is 14.7. The topological polar surface area (TPSA) is 91.7 Å². The highest BCUT2D eigenvalue weighted by Gasteiger charge is 2.27. The van der Waals surface area contributed by atoms with Crippen LogP contribution in [0.25, 0.3) is 0 Å². The van der Waals surface area contributed by atoms with E-state index in [2.05, 4.69) is 10.6 Å². The summed E-state index contributed by atoms with van der Waals surface area (Å²) in [5, 5.41) is 5.00. The van der Waals surface area contributed by atoms with Gasteiger partial charge < -0.3 is 15.1 Å². The molecular weight excluding hydrogens is 250 g/mol. The molecule has 102 valence electrons. The summed E-state index contributed by atoms with van der Waals surface area (Å²) in [5.74, 6) is 0.325. The van der Waals surface area contributed by atoms with E-state index in [9.17, 15) is 14.4 Å². The SMILES string of the molecule is CCc1ccc(C(=O)NCCN2C(=O)CNC2=O)o1. The number of imide groups is 1. The molecule has 2 heterocycles. The molecule has 1 aromatic heterocycles. The maximum absolute atomic E-state index is 11.7. The van der Waals surface area contributed by atoms with Crippen LogP contribution in [0.15, 0.2) is 16.5 Å². The quantitative estimate of drug-likeness (QED) is 0.740. The Bertz CT molecular complexity index is 493. The van der Waals surface area contributed by atoms with Gasteiger partial charge in [-0.25, -0.2) is 4.79 Å². The van der Waals surface area contributed by atoms with Crippen molar-refractivity contribution in [1.29, 1.82) is 0 Å². The lowest BCUT2D eigenvalue weighted by Crippen LogP contribution is -2.38. The summed E-state index contributed by atoms with van der Waals surface area (Å²) in [6.45, 7) is 2.29. The van der Waals surface area contributed by atoms with Crippen LogP contribution < -0.4 is 10.6 Å². The smallest absolute Gasteiger partial charge is 0.324 e. The van der Waals surface area contributed by atoms with E-state index >= 15 is 0 Å². The van der Waals surface area contributed by atoms with Crippen molar-refractivity contribution in [3.05, 3.63) is 23.7 Å². The van der Waals surface area contributed by atoms with Gasteiger partial charge >= 0.3 is 6.03 Å². The minimum atomic E-state index is -0.425. The Kier molecular flexibility index (Phi) is 3.84. The molecule has 7 nitrogen and oxygen atoms in total. The van der Waals surface area contributed by atoms with Gasteiger partial charge in [0.25, 0.3) is 5.91 Å². The Morgan fingerprint density at radius 3 is 2.84 bits per heavy atom. The zero-order valence-corrected chi connectivity index (χ0v) is 10.6. The number of carbonyl (C=O) groups excluding carboxylic acids is 3. The van der Waals surface area contributed by atoms with Crippen molar-refractivity contribution in [3.63, 3.8) is 0 Å². The fraction of sp³-hybridized carbons (Fsp3) is 0.417. The highest BCUT2D eigenvalue weighted by Crippen LogP contribution is 2.08. The molecule has 1 aliphatic rings. The van der Waals surface area contributed by atoms with Crippen LogP contribution in [0.1, 0.15) is 23.2 Å². The lowest BCUT2D eigenvalue weighted by molar-refractivity contribution is -0.124. The molecule has 2 N–H and O–H groups in total. The molecule has 1 aliphatic heterocycles. The minimum Gasteiger partial charge on any atom is -0.456 e. The molecule has 4 amide bonds. The molecule has 0 saturated carbocycles. The minimum absolute atomic E-state index is 0.0187. The van der Waals surface area contributed by atoms with Gasteiger partial charge in [0, 0.05) is 19.5 Å². The molecule has 0 bridgehead atoms. The number of rotatable bonds is 5. The molecule has 0 atom stereocenters. The Labute approximate surface area is 109 Å². The average Bonchev–Trinajstić information content (AvgIpc) is 2.99. The van der Waals surface area contributed by atoms with Crippen LogP contribution in [0, 0.1) is 0 Å². The number of aryl methyl sites for hydroxylation is 1. The summed E-state index contributed by atoms with van der Waals surface area (Å²) in [6.07, 6.45) is 0.718. The predicted octanol–water partition coefficient (Wildman–Crippen LogP) is 0.124. The van der Waals surface area contributed by atoms with Gasteiger partial charge in [0.05, 0.1) is 6.54 Å². The van der Waals surface area contributed by atoms with Gasteiger partial charge in [0.1, 0.15) is 5.76 Å². The maximum Gasteiger partial charge on any atom is 0.324 e. The van der Waals surface area contributed by atoms with Crippen molar-refractivity contribution < 1.29 is 18.8 Å². The summed E-state index contributed by atoms with van der Waals surface area (Å²) in [6, 6.07) is 2.92. The van der Waals surface area contributed by atoms with E-state index < -0.39 is 6.03 Å². The lowest BCUT2D eigenvalue weighted by atomic mass is 10.3. The van der Waals surface area contributed by atoms with Crippen molar-refractivity contribution in [3.8, 4) is 0 Å². The van der Waals surface area contributed by atoms with Crippen LogP contribution in [0.4, 0.5) is 4.79 Å². The van der Waals surface area contributed by atoms with Crippen LogP contribution in [0.5, 0.6) is 0 Å². The summed E-state index contributed by atoms with van der Waals surface area (Å²) in [7, 11) is 0. The van der Waals surface area contributed by atoms with Gasteiger partial charge in [0.2, 0.25) is 5.91 Å². The second-order valence-electron chi connectivity index (χ2n) is 4.08. The molecule has 0 spiro atoms. The van der Waals surface area contributed by atoms with Crippen molar-refractivity contribution in [2.45, 2.75) is 13.3 Å². The first kappa shape index (κ1) is 13.1. The third kappa shape index (κ3) is 2.93. The predicted molar refractivity (Wildman–Crippen MR) is 65.5 cm³/mol. The highest BCUT2D eigenvalue weighted by molar-refractivity contribution is 6.02. The fourth-order valence-electron chi connectivity index (χ4n) is 1.74. The molecular formula is C12H15N3O4. The molecule has 0 aromatic carbocycles. The monoisotopic (exact) mass is 265 g/mol. The van der Waals surface area contributed by atoms with Crippen LogP contribution in [-0.4, -0.2) is 42.4 Å². The lowest BCUT2D eigenvalue weighted by Gasteiger charge is -2.12. The molecule has 1 saturated heterocycles. The van der Waals surface area contributed by atoms with Crippen LogP contribution in [0.2, 0.25) is 0 Å². The Morgan fingerprint density at radius 2 is 2.26 bits per heavy atom. The number of urea groups is 1. The van der Waals surface area contributed by atoms with Crippen LogP contribution in [-0.2, 0) is 11.2 Å². The first-order valence-corrected chi connectivity index (χ1v) is 6.07. The molecule has 0 radical (unpaired) electrons. The van der Waals surface area contributed by atoms with E-state index in [1.54, 1.807) is 12.1 Å². The van der Waals surface area contributed by atoms with Gasteiger partial charge in [0.15, 0.2) is 5.76 Å². The second kappa shape index (κ2) is 5.55. The summed E-state index contributed by atoms with van der Waals surface area (Å²) >= 11 is 0. The van der Waals surface area contributed by atoms with Crippen molar-refractivity contribution in [2.75, 3.05) is 19.6 Å². The van der Waals surface area contributed by atoms with E-state index in [-0.39, 0.29) is 37.2 Å². The molecule has 2 rings (SSSR count). The van der Waals surface area contributed by atoms with E-state index in [0.717, 1.165) is 17.1 Å². The zero-order valence-electron chi connectivity index (χ0n) is 10.6. The third-order valence-corrected chi connectivity index (χ3v) is 2.79. The van der Waals surface area contributed by atoms with Crippen LogP contribution >= 0.6 is 0 Å². The summed E-state index contributed by atoms with van der Waals surface area (Å²) in [4.78, 5) is 35.3.